The van der Waals surface area contributed by atoms with Gasteiger partial charge in [-0.15, -0.1) is 0 Å². The van der Waals surface area contributed by atoms with Crippen molar-refractivity contribution in [1.29, 1.82) is 0 Å². The zero-order valence-corrected chi connectivity index (χ0v) is 9.08. The van der Waals surface area contributed by atoms with Crippen molar-refractivity contribution in [3.8, 4) is 0 Å². The second-order valence-electron chi connectivity index (χ2n) is 4.08. The number of rotatable bonds is 4. The molecule has 4 nitrogen and oxygen atoms in total. The summed E-state index contributed by atoms with van der Waals surface area (Å²) >= 11 is 0. The molecular weight excluding hydrogens is 223 g/mol. The van der Waals surface area contributed by atoms with E-state index in [0.29, 0.717) is 32.7 Å². The number of aliphatic hydroxyl groups is 1. The second kappa shape index (κ2) is 5.81. The highest BCUT2D eigenvalue weighted by atomic mass is 19.4. The SMILES string of the molecule is NCC(O)CN1CCN(CC(F)(F)F)CC1. The van der Waals surface area contributed by atoms with Gasteiger partial charge in [0.25, 0.3) is 0 Å². The van der Waals surface area contributed by atoms with Crippen LogP contribution in [0.2, 0.25) is 0 Å². The summed E-state index contributed by atoms with van der Waals surface area (Å²) in [5, 5.41) is 9.30. The molecule has 0 spiro atoms. The van der Waals surface area contributed by atoms with Crippen LogP contribution in [0.25, 0.3) is 0 Å². The summed E-state index contributed by atoms with van der Waals surface area (Å²) in [5.41, 5.74) is 5.26. The van der Waals surface area contributed by atoms with Crippen LogP contribution in [-0.2, 0) is 0 Å². The second-order valence-corrected chi connectivity index (χ2v) is 4.08. The molecule has 16 heavy (non-hydrogen) atoms. The molecule has 96 valence electrons. The maximum absolute atomic E-state index is 12.1. The summed E-state index contributed by atoms with van der Waals surface area (Å²) in [4.78, 5) is 3.32. The van der Waals surface area contributed by atoms with Gasteiger partial charge in [0.2, 0.25) is 0 Å². The Bertz CT molecular complexity index is 205. The number of nitrogens with two attached hydrogens (primary N) is 1. The van der Waals surface area contributed by atoms with E-state index in [-0.39, 0.29) is 6.54 Å². The highest BCUT2D eigenvalue weighted by Crippen LogP contribution is 2.17. The molecule has 0 amide bonds. The van der Waals surface area contributed by atoms with E-state index in [1.54, 1.807) is 0 Å². The minimum atomic E-state index is -4.13. The maximum Gasteiger partial charge on any atom is 0.401 e. The van der Waals surface area contributed by atoms with Crippen LogP contribution in [-0.4, -0.2) is 73.0 Å². The molecule has 0 radical (unpaired) electrons. The fraction of sp³-hybridized carbons (Fsp3) is 1.00. The van der Waals surface area contributed by atoms with Crippen molar-refractivity contribution in [3.63, 3.8) is 0 Å². The molecule has 1 aliphatic heterocycles. The van der Waals surface area contributed by atoms with Crippen molar-refractivity contribution in [3.05, 3.63) is 0 Å². The van der Waals surface area contributed by atoms with Gasteiger partial charge in [0.15, 0.2) is 0 Å². The third kappa shape index (κ3) is 5.11. The van der Waals surface area contributed by atoms with E-state index in [4.69, 9.17) is 5.73 Å². The molecular formula is C9H18F3N3O. The Kier molecular flexibility index (Phi) is 4.97. The predicted octanol–water partition coefficient (Wildman–Crippen LogP) is -0.514. The lowest BCUT2D eigenvalue weighted by Gasteiger charge is -2.35. The largest absolute Gasteiger partial charge is 0.401 e. The Morgan fingerprint density at radius 3 is 2.06 bits per heavy atom. The molecule has 0 aromatic rings. The van der Waals surface area contributed by atoms with Gasteiger partial charge in [-0.2, -0.15) is 13.2 Å². The van der Waals surface area contributed by atoms with E-state index < -0.39 is 18.8 Å². The van der Waals surface area contributed by atoms with Crippen molar-refractivity contribution in [2.24, 2.45) is 5.73 Å². The number of hydrogen-bond donors (Lipinski definition) is 2. The van der Waals surface area contributed by atoms with E-state index in [9.17, 15) is 18.3 Å². The summed E-state index contributed by atoms with van der Waals surface area (Å²) in [5.74, 6) is 0. The first-order valence-corrected chi connectivity index (χ1v) is 5.30. The lowest BCUT2D eigenvalue weighted by molar-refractivity contribution is -0.149. The lowest BCUT2D eigenvalue weighted by atomic mass is 10.2. The third-order valence-electron chi connectivity index (χ3n) is 2.61. The van der Waals surface area contributed by atoms with Gasteiger partial charge in [-0.05, 0) is 0 Å². The molecule has 1 atom stereocenters. The molecule has 0 aromatic carbocycles. The highest BCUT2D eigenvalue weighted by molar-refractivity contribution is 4.75. The number of aliphatic hydroxyl groups excluding tert-OH is 1. The third-order valence-corrected chi connectivity index (χ3v) is 2.61. The number of nitrogens with zero attached hydrogens (tertiary/aromatic N) is 2. The van der Waals surface area contributed by atoms with Crippen molar-refractivity contribution in [2.75, 3.05) is 45.8 Å². The Morgan fingerprint density at radius 2 is 1.62 bits per heavy atom. The van der Waals surface area contributed by atoms with Crippen molar-refractivity contribution >= 4 is 0 Å². The van der Waals surface area contributed by atoms with Crippen LogP contribution >= 0.6 is 0 Å². The number of hydrogen-bond acceptors (Lipinski definition) is 4. The van der Waals surface area contributed by atoms with Crippen molar-refractivity contribution in [2.45, 2.75) is 12.3 Å². The Hall–Kier alpha value is -0.370. The van der Waals surface area contributed by atoms with E-state index in [0.717, 1.165) is 0 Å². The monoisotopic (exact) mass is 241 g/mol. The molecule has 1 aliphatic rings. The average molecular weight is 241 g/mol. The molecule has 1 rings (SSSR count). The summed E-state index contributed by atoms with van der Waals surface area (Å²) in [6.45, 7) is 1.65. The van der Waals surface area contributed by atoms with E-state index in [1.807, 2.05) is 4.90 Å². The minimum absolute atomic E-state index is 0.183. The van der Waals surface area contributed by atoms with Gasteiger partial charge in [0.1, 0.15) is 0 Å². The maximum atomic E-state index is 12.1. The average Bonchev–Trinajstić information content (AvgIpc) is 2.18. The van der Waals surface area contributed by atoms with Crippen LogP contribution in [0.5, 0.6) is 0 Å². The Labute approximate surface area is 92.8 Å². The van der Waals surface area contributed by atoms with E-state index in [1.165, 1.54) is 4.90 Å². The molecule has 1 fully saturated rings. The summed E-state index contributed by atoms with van der Waals surface area (Å²) in [7, 11) is 0. The lowest BCUT2D eigenvalue weighted by Crippen LogP contribution is -2.51. The summed E-state index contributed by atoms with van der Waals surface area (Å²) in [6, 6.07) is 0. The van der Waals surface area contributed by atoms with Gasteiger partial charge < -0.3 is 10.8 Å². The quantitative estimate of drug-likeness (QED) is 0.696. The predicted molar refractivity (Wildman–Crippen MR) is 54.0 cm³/mol. The van der Waals surface area contributed by atoms with Crippen LogP contribution in [0.4, 0.5) is 13.2 Å². The first kappa shape index (κ1) is 13.7. The summed E-state index contributed by atoms with van der Waals surface area (Å²) in [6.07, 6.45) is -4.71. The highest BCUT2D eigenvalue weighted by Gasteiger charge is 2.32. The van der Waals surface area contributed by atoms with Crippen LogP contribution < -0.4 is 5.73 Å². The molecule has 7 heteroatoms. The van der Waals surface area contributed by atoms with Gasteiger partial charge in [-0.1, -0.05) is 0 Å². The minimum Gasteiger partial charge on any atom is -0.390 e. The van der Waals surface area contributed by atoms with Gasteiger partial charge in [-0.25, -0.2) is 0 Å². The van der Waals surface area contributed by atoms with Crippen LogP contribution in [0.3, 0.4) is 0 Å². The fourth-order valence-electron chi connectivity index (χ4n) is 1.76. The van der Waals surface area contributed by atoms with Crippen molar-refractivity contribution in [1.82, 2.24) is 9.80 Å². The first-order chi connectivity index (χ1) is 7.40. The van der Waals surface area contributed by atoms with E-state index >= 15 is 0 Å². The standard InChI is InChI=1S/C9H18F3N3O/c10-9(11,12)7-15-3-1-14(2-4-15)6-8(16)5-13/h8,16H,1-7,13H2. The van der Waals surface area contributed by atoms with Crippen LogP contribution in [0, 0.1) is 0 Å². The van der Waals surface area contributed by atoms with Gasteiger partial charge in [0, 0.05) is 39.3 Å². The van der Waals surface area contributed by atoms with Crippen LogP contribution in [0.15, 0.2) is 0 Å². The molecule has 0 saturated carbocycles. The Morgan fingerprint density at radius 1 is 1.12 bits per heavy atom. The van der Waals surface area contributed by atoms with Crippen LogP contribution in [0.1, 0.15) is 0 Å². The molecule has 0 aromatic heterocycles. The zero-order valence-electron chi connectivity index (χ0n) is 9.08. The zero-order chi connectivity index (χ0) is 12.2. The number of halogens is 3. The fourth-order valence-corrected chi connectivity index (χ4v) is 1.76. The normalized spacial score (nSPS) is 22.3. The summed E-state index contributed by atoms with van der Waals surface area (Å²) < 4.78 is 36.3. The smallest absolute Gasteiger partial charge is 0.390 e. The first-order valence-electron chi connectivity index (χ1n) is 5.30. The molecule has 0 aliphatic carbocycles. The van der Waals surface area contributed by atoms with Crippen molar-refractivity contribution < 1.29 is 18.3 Å². The van der Waals surface area contributed by atoms with Gasteiger partial charge in [0.05, 0.1) is 12.6 Å². The van der Waals surface area contributed by atoms with E-state index in [2.05, 4.69) is 0 Å². The van der Waals surface area contributed by atoms with Gasteiger partial charge >= 0.3 is 6.18 Å². The Balaban J connectivity index is 2.23. The number of alkyl halides is 3. The molecule has 1 saturated heterocycles. The molecule has 0 bridgehead atoms. The number of β-amino-alcohol motifs (C(OH)–C–C–N with tert-alkyl or cyclic N) is 1. The number of piperazine rings is 1. The molecule has 1 unspecified atom stereocenters. The van der Waals surface area contributed by atoms with Gasteiger partial charge in [-0.3, -0.25) is 9.80 Å². The molecule has 3 N–H and O–H groups in total. The topological polar surface area (TPSA) is 52.7 Å². The molecule has 1 heterocycles.